The minimum Gasteiger partial charge on any atom is -0.397 e. The molecule has 0 saturated carbocycles. The van der Waals surface area contributed by atoms with Crippen LogP contribution in [0.2, 0.25) is 0 Å². The molecule has 0 radical (unpaired) electrons. The fraction of sp³-hybridized carbons (Fsp3) is 0.200. The maximum absolute atomic E-state index is 12.4. The molecule has 8 heteroatoms. The fourth-order valence-corrected chi connectivity index (χ4v) is 1.39. The third-order valence-corrected chi connectivity index (χ3v) is 2.29. The van der Waals surface area contributed by atoms with E-state index in [1.807, 2.05) is 0 Å². The standard InChI is InChI=1S/C10H10F3N5/c11-10(12,13)6-1-2-8(7(14)3-6)15-4-9-16-5-17-18-9/h1-3,5,15H,4,14H2,(H,16,17,18). The second kappa shape index (κ2) is 4.55. The second-order valence-corrected chi connectivity index (χ2v) is 3.59. The van der Waals surface area contributed by atoms with E-state index < -0.39 is 11.7 Å². The van der Waals surface area contributed by atoms with Crippen LogP contribution >= 0.6 is 0 Å². The number of nitrogens with two attached hydrogens (primary N) is 1. The van der Waals surface area contributed by atoms with E-state index in [-0.39, 0.29) is 5.69 Å². The van der Waals surface area contributed by atoms with E-state index in [9.17, 15) is 13.2 Å². The van der Waals surface area contributed by atoms with Crippen molar-refractivity contribution in [2.24, 2.45) is 0 Å². The van der Waals surface area contributed by atoms with E-state index in [1.54, 1.807) is 0 Å². The Morgan fingerprint density at radius 3 is 2.67 bits per heavy atom. The Balaban J connectivity index is 2.10. The molecule has 2 rings (SSSR count). The van der Waals surface area contributed by atoms with Crippen LogP contribution < -0.4 is 11.1 Å². The monoisotopic (exact) mass is 257 g/mol. The molecular weight excluding hydrogens is 247 g/mol. The number of benzene rings is 1. The van der Waals surface area contributed by atoms with Gasteiger partial charge in [-0.05, 0) is 18.2 Å². The molecule has 1 aromatic carbocycles. The third-order valence-electron chi connectivity index (χ3n) is 2.29. The maximum Gasteiger partial charge on any atom is 0.416 e. The molecule has 1 aromatic heterocycles. The molecule has 0 aliphatic rings. The van der Waals surface area contributed by atoms with Crippen LogP contribution in [0.1, 0.15) is 11.4 Å². The lowest BCUT2D eigenvalue weighted by atomic mass is 10.1. The summed E-state index contributed by atoms with van der Waals surface area (Å²) in [7, 11) is 0. The highest BCUT2D eigenvalue weighted by molar-refractivity contribution is 5.67. The largest absolute Gasteiger partial charge is 0.416 e. The van der Waals surface area contributed by atoms with Crippen molar-refractivity contribution in [3.05, 3.63) is 35.9 Å². The SMILES string of the molecule is Nc1cc(C(F)(F)F)ccc1NCc1ncn[nH]1. The number of hydrogen-bond donors (Lipinski definition) is 3. The number of nitrogens with zero attached hydrogens (tertiary/aromatic N) is 2. The number of aromatic amines is 1. The van der Waals surface area contributed by atoms with Gasteiger partial charge in [0.1, 0.15) is 12.2 Å². The van der Waals surface area contributed by atoms with Gasteiger partial charge in [0.15, 0.2) is 0 Å². The van der Waals surface area contributed by atoms with Crippen molar-refractivity contribution in [2.75, 3.05) is 11.1 Å². The molecular formula is C10H10F3N5. The average molecular weight is 257 g/mol. The minimum atomic E-state index is -4.39. The molecule has 1 heterocycles. The summed E-state index contributed by atoms with van der Waals surface area (Å²) in [5.74, 6) is 0.564. The number of anilines is 2. The van der Waals surface area contributed by atoms with Crippen molar-refractivity contribution >= 4 is 11.4 Å². The van der Waals surface area contributed by atoms with E-state index in [4.69, 9.17) is 5.73 Å². The first kappa shape index (κ1) is 12.2. The molecule has 0 aliphatic carbocycles. The number of H-pyrrole nitrogens is 1. The Hall–Kier alpha value is -2.25. The summed E-state index contributed by atoms with van der Waals surface area (Å²) >= 11 is 0. The first-order valence-electron chi connectivity index (χ1n) is 5.01. The number of alkyl halides is 3. The first-order chi connectivity index (χ1) is 8.47. The average Bonchev–Trinajstić information content (AvgIpc) is 2.79. The second-order valence-electron chi connectivity index (χ2n) is 3.59. The van der Waals surface area contributed by atoms with Gasteiger partial charge in [-0.1, -0.05) is 0 Å². The van der Waals surface area contributed by atoms with Crippen molar-refractivity contribution in [2.45, 2.75) is 12.7 Å². The molecule has 0 aliphatic heterocycles. The van der Waals surface area contributed by atoms with Crippen LogP contribution in [0.4, 0.5) is 24.5 Å². The molecule has 0 fully saturated rings. The van der Waals surface area contributed by atoms with Crippen LogP contribution in [-0.4, -0.2) is 15.2 Å². The number of nitrogen functional groups attached to an aromatic ring is 1. The highest BCUT2D eigenvalue weighted by atomic mass is 19.4. The first-order valence-corrected chi connectivity index (χ1v) is 5.01. The van der Waals surface area contributed by atoms with Gasteiger partial charge in [0.25, 0.3) is 0 Å². The number of rotatable bonds is 3. The van der Waals surface area contributed by atoms with Crippen LogP contribution in [0.5, 0.6) is 0 Å². The summed E-state index contributed by atoms with van der Waals surface area (Å²) in [4.78, 5) is 3.87. The topological polar surface area (TPSA) is 79.6 Å². The number of hydrogen-bond acceptors (Lipinski definition) is 4. The van der Waals surface area contributed by atoms with Gasteiger partial charge in [0.2, 0.25) is 0 Å². The Morgan fingerprint density at radius 1 is 1.33 bits per heavy atom. The zero-order chi connectivity index (χ0) is 13.2. The van der Waals surface area contributed by atoms with Crippen molar-refractivity contribution < 1.29 is 13.2 Å². The smallest absolute Gasteiger partial charge is 0.397 e. The van der Waals surface area contributed by atoms with Gasteiger partial charge in [-0.2, -0.15) is 18.3 Å². The number of halogens is 3. The van der Waals surface area contributed by atoms with Crippen molar-refractivity contribution in [3.63, 3.8) is 0 Å². The Kier molecular flexibility index (Phi) is 3.09. The molecule has 2 aromatic rings. The molecule has 0 spiro atoms. The summed E-state index contributed by atoms with van der Waals surface area (Å²) in [5, 5.41) is 9.13. The molecule has 0 unspecified atom stereocenters. The van der Waals surface area contributed by atoms with Crippen LogP contribution in [0.25, 0.3) is 0 Å². The van der Waals surface area contributed by atoms with Crippen LogP contribution in [0.3, 0.4) is 0 Å². The van der Waals surface area contributed by atoms with Crippen LogP contribution in [-0.2, 0) is 12.7 Å². The van der Waals surface area contributed by atoms with Crippen LogP contribution in [0.15, 0.2) is 24.5 Å². The van der Waals surface area contributed by atoms with Crippen LogP contribution in [0, 0.1) is 0 Å². The fourth-order valence-electron chi connectivity index (χ4n) is 1.39. The minimum absolute atomic E-state index is 0.0318. The van der Waals surface area contributed by atoms with Gasteiger partial charge in [-0.25, -0.2) is 4.98 Å². The van der Waals surface area contributed by atoms with Gasteiger partial charge in [0, 0.05) is 0 Å². The normalized spacial score (nSPS) is 11.5. The third kappa shape index (κ3) is 2.70. The molecule has 0 bridgehead atoms. The number of aromatic nitrogens is 3. The van der Waals surface area contributed by atoms with E-state index in [1.165, 1.54) is 12.4 Å². The summed E-state index contributed by atoms with van der Waals surface area (Å²) in [6.45, 7) is 0.301. The molecule has 18 heavy (non-hydrogen) atoms. The van der Waals surface area contributed by atoms with E-state index in [0.29, 0.717) is 18.1 Å². The van der Waals surface area contributed by atoms with E-state index in [2.05, 4.69) is 20.5 Å². The van der Waals surface area contributed by atoms with Crippen molar-refractivity contribution in [3.8, 4) is 0 Å². The molecule has 4 N–H and O–H groups in total. The molecule has 0 atom stereocenters. The molecule has 0 amide bonds. The van der Waals surface area contributed by atoms with Crippen molar-refractivity contribution in [1.29, 1.82) is 0 Å². The highest BCUT2D eigenvalue weighted by Gasteiger charge is 2.30. The summed E-state index contributed by atoms with van der Waals surface area (Å²) in [6, 6.07) is 3.15. The van der Waals surface area contributed by atoms with Crippen molar-refractivity contribution in [1.82, 2.24) is 15.2 Å². The predicted molar refractivity (Wildman–Crippen MR) is 59.6 cm³/mol. The summed E-state index contributed by atoms with van der Waals surface area (Å²) in [6.07, 6.45) is -3.05. The molecule has 0 saturated heterocycles. The molecule has 5 nitrogen and oxygen atoms in total. The van der Waals surface area contributed by atoms with Gasteiger partial charge >= 0.3 is 6.18 Å². The Bertz CT molecular complexity index is 521. The predicted octanol–water partition coefficient (Wildman–Crippen LogP) is 2.02. The zero-order valence-electron chi connectivity index (χ0n) is 9.12. The Morgan fingerprint density at radius 2 is 2.11 bits per heavy atom. The lowest BCUT2D eigenvalue weighted by molar-refractivity contribution is -0.137. The van der Waals surface area contributed by atoms with Gasteiger partial charge < -0.3 is 11.1 Å². The number of nitrogens with one attached hydrogen (secondary N) is 2. The lowest BCUT2D eigenvalue weighted by Gasteiger charge is -2.11. The highest BCUT2D eigenvalue weighted by Crippen LogP contribution is 2.32. The van der Waals surface area contributed by atoms with Gasteiger partial charge in [-0.15, -0.1) is 0 Å². The summed E-state index contributed by atoms with van der Waals surface area (Å²) in [5.41, 5.74) is 5.22. The van der Waals surface area contributed by atoms with E-state index in [0.717, 1.165) is 12.1 Å². The van der Waals surface area contributed by atoms with Gasteiger partial charge in [-0.3, -0.25) is 5.10 Å². The Labute approximate surface area is 100 Å². The van der Waals surface area contributed by atoms with Gasteiger partial charge in [0.05, 0.1) is 23.5 Å². The quantitative estimate of drug-likeness (QED) is 0.735. The lowest BCUT2D eigenvalue weighted by Crippen LogP contribution is -2.08. The van der Waals surface area contributed by atoms with E-state index >= 15 is 0 Å². The summed E-state index contributed by atoms with van der Waals surface area (Å²) < 4.78 is 37.2. The zero-order valence-corrected chi connectivity index (χ0v) is 9.12. The molecule has 96 valence electrons. The maximum atomic E-state index is 12.4.